The van der Waals surface area contributed by atoms with E-state index in [9.17, 15) is 0 Å². The topological polar surface area (TPSA) is 27.7 Å². The first-order chi connectivity index (χ1) is 9.56. The molecule has 6 heteroatoms. The summed E-state index contributed by atoms with van der Waals surface area (Å²) in [6.45, 7) is 4.09. The smallest absolute Gasteiger partial charge is 0.309 e. The highest BCUT2D eigenvalue weighted by molar-refractivity contribution is 8.07. The number of hydrogen-bond donors (Lipinski definition) is 0. The van der Waals surface area contributed by atoms with Gasteiger partial charge in [0.15, 0.2) is 0 Å². The van der Waals surface area contributed by atoms with Gasteiger partial charge in [-0.2, -0.15) is 0 Å². The minimum atomic E-state index is -2.72. The van der Waals surface area contributed by atoms with E-state index in [4.69, 9.17) is 37.0 Å². The van der Waals surface area contributed by atoms with Crippen LogP contribution in [-0.4, -0.2) is 13.2 Å². The zero-order valence-corrected chi connectivity index (χ0v) is 14.6. The molecule has 1 rings (SSSR count). The van der Waals surface area contributed by atoms with Gasteiger partial charge in [-0.05, 0) is 43.7 Å². The first-order valence-electron chi connectivity index (χ1n) is 6.88. The van der Waals surface area contributed by atoms with Gasteiger partial charge in [-0.3, -0.25) is 0 Å². The Kier molecular flexibility index (Phi) is 8.27. The van der Waals surface area contributed by atoms with Crippen LogP contribution in [0.25, 0.3) is 0 Å². The van der Waals surface area contributed by atoms with Crippen LogP contribution in [0.5, 0.6) is 0 Å². The molecule has 0 amide bonds. The summed E-state index contributed by atoms with van der Waals surface area (Å²) in [4.78, 5) is 0. The van der Waals surface area contributed by atoms with Crippen molar-refractivity contribution < 1.29 is 13.6 Å². The Morgan fingerprint density at radius 2 is 1.75 bits per heavy atom. The standard InChI is InChI=1S/C14H22ClO3PS/c1-4-9-14(12-10-7-8-11-13(12)15)18-19(20,16-5-2)17-6-3/h7-8,10-11,14H,4-6,9H2,1-3H3. The Bertz CT molecular complexity index is 446. The van der Waals surface area contributed by atoms with Crippen molar-refractivity contribution in [1.82, 2.24) is 0 Å². The molecule has 0 aliphatic carbocycles. The van der Waals surface area contributed by atoms with Crippen LogP contribution in [-0.2, 0) is 25.4 Å². The Morgan fingerprint density at radius 3 is 2.25 bits per heavy atom. The molecule has 1 aromatic carbocycles. The van der Waals surface area contributed by atoms with Gasteiger partial charge in [0.25, 0.3) is 0 Å². The van der Waals surface area contributed by atoms with Gasteiger partial charge in [0.05, 0.1) is 19.3 Å². The maximum absolute atomic E-state index is 6.25. The van der Waals surface area contributed by atoms with E-state index >= 15 is 0 Å². The third-order valence-corrected chi connectivity index (χ3v) is 5.53. The first kappa shape index (κ1) is 18.1. The average Bonchev–Trinajstić information content (AvgIpc) is 2.39. The number of halogens is 1. The maximum Gasteiger partial charge on any atom is 0.327 e. The van der Waals surface area contributed by atoms with E-state index in [1.165, 1.54) is 0 Å². The van der Waals surface area contributed by atoms with Crippen LogP contribution < -0.4 is 0 Å². The second kappa shape index (κ2) is 9.14. The Morgan fingerprint density at radius 1 is 1.15 bits per heavy atom. The fourth-order valence-electron chi connectivity index (χ4n) is 1.83. The molecule has 114 valence electrons. The largest absolute Gasteiger partial charge is 0.327 e. The molecule has 20 heavy (non-hydrogen) atoms. The van der Waals surface area contributed by atoms with E-state index in [-0.39, 0.29) is 6.10 Å². The Hall–Kier alpha value is 0.0400. The predicted molar refractivity (Wildman–Crippen MR) is 87.7 cm³/mol. The minimum Gasteiger partial charge on any atom is -0.309 e. The molecule has 0 N–H and O–H groups in total. The summed E-state index contributed by atoms with van der Waals surface area (Å²) in [6, 6.07) is 7.65. The predicted octanol–water partition coefficient (Wildman–Crippen LogP) is 5.50. The van der Waals surface area contributed by atoms with Crippen molar-refractivity contribution in [3.05, 3.63) is 34.9 Å². The van der Waals surface area contributed by atoms with Crippen molar-refractivity contribution in [3.8, 4) is 0 Å². The van der Waals surface area contributed by atoms with Crippen LogP contribution >= 0.6 is 18.3 Å². The van der Waals surface area contributed by atoms with Gasteiger partial charge < -0.3 is 13.6 Å². The van der Waals surface area contributed by atoms with Gasteiger partial charge in [0.2, 0.25) is 0 Å². The fraction of sp³-hybridized carbons (Fsp3) is 0.571. The molecule has 0 aliphatic heterocycles. The zero-order chi connectivity index (χ0) is 15.0. The summed E-state index contributed by atoms with van der Waals surface area (Å²) < 4.78 is 17.1. The molecule has 0 saturated heterocycles. The highest BCUT2D eigenvalue weighted by Gasteiger charge is 2.26. The number of hydrogen-bond acceptors (Lipinski definition) is 4. The van der Waals surface area contributed by atoms with Crippen LogP contribution in [0.3, 0.4) is 0 Å². The van der Waals surface area contributed by atoms with Crippen LogP contribution in [0, 0.1) is 0 Å². The molecule has 0 spiro atoms. The normalized spacial score (nSPS) is 13.4. The van der Waals surface area contributed by atoms with Crippen molar-refractivity contribution in [2.45, 2.75) is 39.7 Å². The van der Waals surface area contributed by atoms with Crippen molar-refractivity contribution in [1.29, 1.82) is 0 Å². The summed E-state index contributed by atoms with van der Waals surface area (Å²) in [5.41, 5.74) is 0.935. The lowest BCUT2D eigenvalue weighted by atomic mass is 10.1. The molecule has 1 atom stereocenters. The van der Waals surface area contributed by atoms with E-state index in [2.05, 4.69) is 6.92 Å². The van der Waals surface area contributed by atoms with Gasteiger partial charge in [-0.1, -0.05) is 43.1 Å². The monoisotopic (exact) mass is 336 g/mol. The van der Waals surface area contributed by atoms with Gasteiger partial charge in [0.1, 0.15) is 0 Å². The van der Waals surface area contributed by atoms with Crippen LogP contribution in [0.4, 0.5) is 0 Å². The summed E-state index contributed by atoms with van der Waals surface area (Å²) in [5, 5.41) is 0.681. The molecule has 0 aromatic heterocycles. The second-order valence-corrected chi connectivity index (χ2v) is 7.56. The van der Waals surface area contributed by atoms with Gasteiger partial charge in [0, 0.05) is 5.02 Å². The van der Waals surface area contributed by atoms with E-state index < -0.39 is 6.72 Å². The quantitative estimate of drug-likeness (QED) is 0.557. The van der Waals surface area contributed by atoms with Gasteiger partial charge in [-0.15, -0.1) is 0 Å². The lowest BCUT2D eigenvalue weighted by molar-refractivity contribution is 0.115. The summed E-state index contributed by atoms with van der Waals surface area (Å²) in [5.74, 6) is 0. The van der Waals surface area contributed by atoms with E-state index in [1.54, 1.807) is 0 Å². The second-order valence-electron chi connectivity index (χ2n) is 4.19. The van der Waals surface area contributed by atoms with Crippen LogP contribution in [0.1, 0.15) is 45.3 Å². The van der Waals surface area contributed by atoms with E-state index in [0.717, 1.165) is 18.4 Å². The SMILES string of the molecule is CCCC(OP(=S)(OCC)OCC)c1ccccc1Cl. The van der Waals surface area contributed by atoms with E-state index in [1.807, 2.05) is 38.1 Å². The van der Waals surface area contributed by atoms with Crippen molar-refractivity contribution in [2.75, 3.05) is 13.2 Å². The van der Waals surface area contributed by atoms with Gasteiger partial charge in [-0.25, -0.2) is 0 Å². The van der Waals surface area contributed by atoms with Crippen LogP contribution in [0.2, 0.25) is 5.02 Å². The van der Waals surface area contributed by atoms with Gasteiger partial charge >= 0.3 is 6.72 Å². The zero-order valence-electron chi connectivity index (χ0n) is 12.2. The first-order valence-corrected chi connectivity index (χ1v) is 9.81. The summed E-state index contributed by atoms with van der Waals surface area (Å²) >= 11 is 11.7. The third kappa shape index (κ3) is 5.44. The minimum absolute atomic E-state index is 0.197. The molecule has 0 saturated carbocycles. The fourth-order valence-corrected chi connectivity index (χ4v) is 4.39. The molecule has 0 radical (unpaired) electrons. The molecule has 1 unspecified atom stereocenters. The van der Waals surface area contributed by atoms with E-state index in [0.29, 0.717) is 18.2 Å². The molecular weight excluding hydrogens is 315 g/mol. The lowest BCUT2D eigenvalue weighted by Gasteiger charge is -2.27. The molecule has 0 bridgehead atoms. The van der Waals surface area contributed by atoms with Crippen molar-refractivity contribution in [2.24, 2.45) is 0 Å². The molecule has 0 fully saturated rings. The van der Waals surface area contributed by atoms with Crippen LogP contribution in [0.15, 0.2) is 24.3 Å². The third-order valence-electron chi connectivity index (χ3n) is 2.63. The average molecular weight is 337 g/mol. The highest BCUT2D eigenvalue weighted by atomic mass is 35.5. The maximum atomic E-state index is 6.25. The Labute approximate surface area is 131 Å². The molecule has 0 aliphatic rings. The molecule has 1 aromatic rings. The lowest BCUT2D eigenvalue weighted by Crippen LogP contribution is -2.07. The van der Waals surface area contributed by atoms with Crippen molar-refractivity contribution >= 4 is 30.1 Å². The molecule has 0 heterocycles. The highest BCUT2D eigenvalue weighted by Crippen LogP contribution is 2.54. The summed E-state index contributed by atoms with van der Waals surface area (Å²) in [6.07, 6.45) is 1.59. The molecule has 3 nitrogen and oxygen atoms in total. The van der Waals surface area contributed by atoms with Crippen molar-refractivity contribution in [3.63, 3.8) is 0 Å². The molecular formula is C14H22ClO3PS. The number of rotatable bonds is 9. The Balaban J connectivity index is 2.96. The number of benzene rings is 1. The summed E-state index contributed by atoms with van der Waals surface area (Å²) in [7, 11) is 0.